The fourth-order valence-electron chi connectivity index (χ4n) is 1.76. The van der Waals surface area contributed by atoms with Gasteiger partial charge >= 0.3 is 0 Å². The average molecular weight is 223 g/mol. The topological polar surface area (TPSA) is 34.1 Å². The summed E-state index contributed by atoms with van der Waals surface area (Å²) in [4.78, 5) is 0. The molecule has 0 aromatic heterocycles. The van der Waals surface area contributed by atoms with E-state index in [2.05, 4.69) is 0 Å². The quantitative estimate of drug-likeness (QED) is 0.721. The zero-order valence-corrected chi connectivity index (χ0v) is 10.8. The van der Waals surface area contributed by atoms with Crippen LogP contribution in [0.5, 0.6) is 0 Å². The lowest BCUT2D eigenvalue weighted by Gasteiger charge is -2.40. The van der Waals surface area contributed by atoms with Crippen molar-refractivity contribution >= 4 is 9.84 Å². The Morgan fingerprint density at radius 3 is 1.71 bits per heavy atom. The zero-order valence-electron chi connectivity index (χ0n) is 13.0. The second-order valence-electron chi connectivity index (χ2n) is 5.79. The maximum Gasteiger partial charge on any atom is 0.147 e. The predicted molar refractivity (Wildman–Crippen MR) is 62.1 cm³/mol. The molecule has 86 valence electrons. The molecule has 0 radical (unpaired) electrons. The highest BCUT2D eigenvalue weighted by Crippen LogP contribution is 2.40. The third kappa shape index (κ3) is 4.99. The Kier molecular flexibility index (Phi) is 2.52. The lowest BCUT2D eigenvalue weighted by atomic mass is 9.68. The Balaban J connectivity index is 5.58. The van der Waals surface area contributed by atoms with E-state index in [9.17, 15) is 8.42 Å². The highest BCUT2D eigenvalue weighted by Gasteiger charge is 2.36. The molecule has 0 N–H and O–H groups in total. The van der Waals surface area contributed by atoms with Gasteiger partial charge in [0.2, 0.25) is 0 Å². The van der Waals surface area contributed by atoms with Crippen molar-refractivity contribution in [2.45, 2.75) is 41.5 Å². The van der Waals surface area contributed by atoms with Gasteiger partial charge in [-0.15, -0.1) is 0 Å². The Labute approximate surface area is 93.2 Å². The molecule has 0 heterocycles. The first-order chi connectivity index (χ1) is 7.15. The van der Waals surface area contributed by atoms with Crippen molar-refractivity contribution in [3.63, 3.8) is 0 Å². The summed E-state index contributed by atoms with van der Waals surface area (Å²) in [6.07, 6.45) is -1.92. The van der Waals surface area contributed by atoms with Crippen LogP contribution in [0.4, 0.5) is 0 Å². The van der Waals surface area contributed by atoms with E-state index in [0.29, 0.717) is 0 Å². The largest absolute Gasteiger partial charge is 0.229 e. The number of hydrogen-bond donors (Lipinski definition) is 0. The summed E-state index contributed by atoms with van der Waals surface area (Å²) in [6, 6.07) is 0. The third-order valence-electron chi connectivity index (χ3n) is 2.16. The van der Waals surface area contributed by atoms with E-state index in [1.807, 2.05) is 41.5 Å². The number of sulfone groups is 1. The average Bonchev–Trinajstić information content (AvgIpc) is 1.98. The van der Waals surface area contributed by atoms with Crippen LogP contribution in [0.25, 0.3) is 0 Å². The minimum atomic E-state index is -3.88. The van der Waals surface area contributed by atoms with Crippen LogP contribution >= 0.6 is 0 Å². The molecular formula is C11H24O2S. The first-order valence-corrected chi connectivity index (χ1v) is 6.43. The zero-order chi connectivity index (χ0) is 14.3. The van der Waals surface area contributed by atoms with Crippen LogP contribution < -0.4 is 0 Å². The van der Waals surface area contributed by atoms with Gasteiger partial charge in [0.15, 0.2) is 0 Å². The van der Waals surface area contributed by atoms with Crippen LogP contribution in [-0.2, 0) is 9.84 Å². The van der Waals surface area contributed by atoms with Crippen molar-refractivity contribution in [2.75, 3.05) is 12.0 Å². The Bertz CT molecular complexity index is 347. The number of rotatable bonds is 2. The van der Waals surface area contributed by atoms with Crippen molar-refractivity contribution in [3.8, 4) is 0 Å². The molecule has 0 aromatic rings. The second kappa shape index (κ2) is 3.84. The lowest BCUT2D eigenvalue weighted by Crippen LogP contribution is -2.37. The van der Waals surface area contributed by atoms with Gasteiger partial charge in [-0.2, -0.15) is 0 Å². The molecule has 0 aliphatic carbocycles. The summed E-state index contributed by atoms with van der Waals surface area (Å²) >= 11 is 0. The van der Waals surface area contributed by atoms with Gasteiger partial charge in [-0.1, -0.05) is 41.5 Å². The van der Waals surface area contributed by atoms with Crippen molar-refractivity contribution in [1.82, 2.24) is 0 Å². The van der Waals surface area contributed by atoms with Gasteiger partial charge in [-0.25, -0.2) is 8.42 Å². The van der Waals surface area contributed by atoms with Crippen LogP contribution in [0.2, 0.25) is 0 Å². The maximum atomic E-state index is 11.7. The van der Waals surface area contributed by atoms with Gasteiger partial charge in [-0.3, -0.25) is 0 Å². The SMILES string of the molecule is [2H]C([2H])S(=O)(=O)CC([2H])(C(C)(C)C)C(C)(C)C. The van der Waals surface area contributed by atoms with Crippen LogP contribution in [0.3, 0.4) is 0 Å². The van der Waals surface area contributed by atoms with Crippen LogP contribution in [0, 0.1) is 16.7 Å². The molecule has 0 atom stereocenters. The van der Waals surface area contributed by atoms with Crippen LogP contribution in [-0.4, -0.2) is 20.4 Å². The summed E-state index contributed by atoms with van der Waals surface area (Å²) in [6.45, 7) is 10.9. The lowest BCUT2D eigenvalue weighted by molar-refractivity contribution is 0.123. The van der Waals surface area contributed by atoms with E-state index in [1.54, 1.807) is 0 Å². The fraction of sp³-hybridized carbons (Fsp3) is 1.00. The molecular weight excluding hydrogens is 196 g/mol. The van der Waals surface area contributed by atoms with Gasteiger partial charge in [0.25, 0.3) is 0 Å². The van der Waals surface area contributed by atoms with E-state index < -0.39 is 38.5 Å². The summed E-state index contributed by atoms with van der Waals surface area (Å²) in [5.74, 6) is -1.69. The number of hydrogen-bond acceptors (Lipinski definition) is 2. The molecule has 0 aliphatic rings. The molecule has 0 unspecified atom stereocenters. The molecule has 0 saturated carbocycles. The third-order valence-corrected chi connectivity index (χ3v) is 2.85. The van der Waals surface area contributed by atoms with Crippen molar-refractivity contribution in [2.24, 2.45) is 16.7 Å². The minimum absolute atomic E-state index is 0.454. The Morgan fingerprint density at radius 2 is 1.50 bits per heavy atom. The molecule has 0 spiro atoms. The predicted octanol–water partition coefficient (Wildman–Crippen LogP) is 2.74. The molecule has 0 amide bonds. The molecule has 0 aromatic carbocycles. The van der Waals surface area contributed by atoms with Gasteiger partial charge in [-0.05, 0) is 16.7 Å². The monoisotopic (exact) mass is 223 g/mol. The van der Waals surface area contributed by atoms with Crippen LogP contribution in [0.15, 0.2) is 0 Å². The summed E-state index contributed by atoms with van der Waals surface area (Å²) in [5, 5.41) is 0. The standard InChI is InChI=1S/C11H24O2S/c1-10(2,3)9(11(4,5)6)8-14(7,12)13/h9H,8H2,1-7H3/i7D2,9D. The van der Waals surface area contributed by atoms with E-state index in [4.69, 9.17) is 4.11 Å². The molecule has 2 nitrogen and oxygen atoms in total. The van der Waals surface area contributed by atoms with Gasteiger partial charge in [0.05, 0.1) is 5.75 Å². The fourth-order valence-corrected chi connectivity index (χ4v) is 3.03. The molecule has 14 heavy (non-hydrogen) atoms. The molecule has 0 rings (SSSR count). The van der Waals surface area contributed by atoms with Crippen LogP contribution in [0.1, 0.15) is 45.7 Å². The first-order valence-electron chi connectivity index (χ1n) is 6.37. The summed E-state index contributed by atoms with van der Waals surface area (Å²) in [7, 11) is -3.88. The normalized spacial score (nSPS) is 18.9. The maximum absolute atomic E-state index is 11.7. The van der Waals surface area contributed by atoms with E-state index >= 15 is 0 Å². The Hall–Kier alpha value is -0.0500. The van der Waals surface area contributed by atoms with Crippen molar-refractivity contribution in [1.29, 1.82) is 0 Å². The molecule has 3 heteroatoms. The van der Waals surface area contributed by atoms with Crippen molar-refractivity contribution in [3.05, 3.63) is 0 Å². The van der Waals surface area contributed by atoms with E-state index in [0.717, 1.165) is 0 Å². The van der Waals surface area contributed by atoms with Gasteiger partial charge in [0.1, 0.15) is 9.84 Å². The molecule has 0 saturated heterocycles. The molecule has 0 fully saturated rings. The summed E-state index contributed by atoms with van der Waals surface area (Å²) < 4.78 is 46.1. The Morgan fingerprint density at radius 1 is 1.14 bits per heavy atom. The molecule has 0 aliphatic heterocycles. The second-order valence-corrected chi connectivity index (χ2v) is 7.40. The highest BCUT2D eigenvalue weighted by molar-refractivity contribution is 7.90. The highest BCUT2D eigenvalue weighted by atomic mass is 32.2. The van der Waals surface area contributed by atoms with E-state index in [-0.39, 0.29) is 0 Å². The van der Waals surface area contributed by atoms with Gasteiger partial charge in [0, 0.05) is 10.3 Å². The summed E-state index contributed by atoms with van der Waals surface area (Å²) in [5.41, 5.74) is -1.10. The minimum Gasteiger partial charge on any atom is -0.229 e. The van der Waals surface area contributed by atoms with Gasteiger partial charge < -0.3 is 0 Å². The molecule has 0 bridgehead atoms. The first kappa shape index (κ1) is 9.20. The van der Waals surface area contributed by atoms with Crippen molar-refractivity contribution < 1.29 is 12.5 Å². The van der Waals surface area contributed by atoms with E-state index in [1.165, 1.54) is 0 Å². The smallest absolute Gasteiger partial charge is 0.147 e.